The van der Waals surface area contributed by atoms with Crippen molar-refractivity contribution in [2.45, 2.75) is 4.90 Å². The average molecular weight is 249 g/mol. The van der Waals surface area contributed by atoms with Crippen LogP contribution >= 0.6 is 24.0 Å². The highest BCUT2D eigenvalue weighted by Crippen LogP contribution is 2.21. The van der Waals surface area contributed by atoms with Gasteiger partial charge in [0.15, 0.2) is 0 Å². The highest BCUT2D eigenvalue weighted by Gasteiger charge is 2.14. The molecule has 0 atom stereocenters. The van der Waals surface area contributed by atoms with E-state index in [1.807, 2.05) is 35.7 Å². The molecule has 0 fully saturated rings. The molecule has 0 spiro atoms. The Hall–Kier alpha value is -1.26. The largest absolute Gasteiger partial charge is 0.311 e. The molecule has 16 heavy (non-hydrogen) atoms. The molecule has 82 valence electrons. The molecule has 2 nitrogen and oxygen atoms in total. The van der Waals surface area contributed by atoms with E-state index in [-0.39, 0.29) is 5.91 Å². The van der Waals surface area contributed by atoms with Gasteiger partial charge in [-0.15, -0.1) is 24.0 Å². The molecule has 1 aromatic carbocycles. The second-order valence-electron chi connectivity index (χ2n) is 3.37. The summed E-state index contributed by atoms with van der Waals surface area (Å²) in [5.74, 6) is -0.00324. The van der Waals surface area contributed by atoms with Gasteiger partial charge in [0.25, 0.3) is 5.91 Å². The Morgan fingerprint density at radius 2 is 2.00 bits per heavy atom. The SMILES string of the molecule is CN(C(=O)c1cc(S)cs1)c1ccccc1. The maximum absolute atomic E-state index is 12.1. The van der Waals surface area contributed by atoms with E-state index in [4.69, 9.17) is 0 Å². The number of anilines is 1. The highest BCUT2D eigenvalue weighted by atomic mass is 32.1. The van der Waals surface area contributed by atoms with Crippen LogP contribution in [0.4, 0.5) is 5.69 Å². The number of amides is 1. The predicted molar refractivity (Wildman–Crippen MR) is 70.7 cm³/mol. The first-order valence-corrected chi connectivity index (χ1v) is 6.12. The van der Waals surface area contributed by atoms with Crippen molar-refractivity contribution in [3.63, 3.8) is 0 Å². The Balaban J connectivity index is 2.23. The lowest BCUT2D eigenvalue weighted by Crippen LogP contribution is -2.25. The van der Waals surface area contributed by atoms with Crippen molar-refractivity contribution in [3.8, 4) is 0 Å². The molecule has 1 heterocycles. The number of thiol groups is 1. The fraction of sp³-hybridized carbons (Fsp3) is 0.0833. The third-order valence-electron chi connectivity index (χ3n) is 2.24. The standard InChI is InChI=1S/C12H11NOS2/c1-13(9-5-3-2-4-6-9)12(14)11-7-10(15)8-16-11/h2-8,15H,1H3. The summed E-state index contributed by atoms with van der Waals surface area (Å²) in [5, 5.41) is 1.86. The third kappa shape index (κ3) is 2.28. The van der Waals surface area contributed by atoms with Crippen LogP contribution in [-0.2, 0) is 0 Å². The monoisotopic (exact) mass is 249 g/mol. The van der Waals surface area contributed by atoms with E-state index in [9.17, 15) is 4.79 Å². The van der Waals surface area contributed by atoms with Crippen molar-refractivity contribution >= 4 is 35.6 Å². The van der Waals surface area contributed by atoms with Crippen LogP contribution in [0.1, 0.15) is 9.67 Å². The molecule has 0 unspecified atom stereocenters. The van der Waals surface area contributed by atoms with Crippen molar-refractivity contribution in [1.29, 1.82) is 0 Å². The number of rotatable bonds is 2. The number of carbonyl (C=O) groups is 1. The molecule has 0 saturated heterocycles. The summed E-state index contributed by atoms with van der Waals surface area (Å²) in [6.45, 7) is 0. The van der Waals surface area contributed by atoms with Gasteiger partial charge in [-0.25, -0.2) is 0 Å². The van der Waals surface area contributed by atoms with Crippen LogP contribution in [-0.4, -0.2) is 13.0 Å². The number of para-hydroxylation sites is 1. The minimum atomic E-state index is -0.00324. The van der Waals surface area contributed by atoms with Crippen LogP contribution in [0.2, 0.25) is 0 Å². The number of carbonyl (C=O) groups excluding carboxylic acids is 1. The van der Waals surface area contributed by atoms with Gasteiger partial charge in [-0.3, -0.25) is 4.79 Å². The van der Waals surface area contributed by atoms with Crippen LogP contribution in [0.15, 0.2) is 46.7 Å². The summed E-state index contributed by atoms with van der Waals surface area (Å²) >= 11 is 5.61. The minimum absolute atomic E-state index is 0.00324. The fourth-order valence-corrected chi connectivity index (χ4v) is 2.50. The third-order valence-corrected chi connectivity index (χ3v) is 3.60. The number of nitrogens with zero attached hydrogens (tertiary/aromatic N) is 1. The molecule has 0 radical (unpaired) electrons. The molecule has 1 amide bonds. The second kappa shape index (κ2) is 4.72. The first-order valence-electron chi connectivity index (χ1n) is 4.79. The van der Waals surface area contributed by atoms with Gasteiger partial charge >= 0.3 is 0 Å². The van der Waals surface area contributed by atoms with Crippen molar-refractivity contribution in [2.75, 3.05) is 11.9 Å². The maximum atomic E-state index is 12.1. The first kappa shape index (κ1) is 11.2. The Morgan fingerprint density at radius 1 is 1.31 bits per heavy atom. The molecule has 4 heteroatoms. The van der Waals surface area contributed by atoms with E-state index in [0.717, 1.165) is 10.6 Å². The molecule has 2 aromatic rings. The minimum Gasteiger partial charge on any atom is -0.311 e. The summed E-state index contributed by atoms with van der Waals surface area (Å²) in [6, 6.07) is 11.4. The van der Waals surface area contributed by atoms with Crippen LogP contribution < -0.4 is 4.90 Å². The number of benzene rings is 1. The lowest BCUT2D eigenvalue weighted by molar-refractivity contribution is 0.0997. The van der Waals surface area contributed by atoms with Gasteiger partial charge in [-0.1, -0.05) is 18.2 Å². The lowest BCUT2D eigenvalue weighted by atomic mass is 10.3. The van der Waals surface area contributed by atoms with E-state index in [1.165, 1.54) is 11.3 Å². The molecular weight excluding hydrogens is 238 g/mol. The zero-order valence-electron chi connectivity index (χ0n) is 8.75. The second-order valence-corrected chi connectivity index (χ2v) is 4.80. The molecule has 0 aliphatic carbocycles. The van der Waals surface area contributed by atoms with E-state index in [1.54, 1.807) is 18.0 Å². The van der Waals surface area contributed by atoms with Gasteiger partial charge in [0.05, 0.1) is 4.88 Å². The Bertz CT molecular complexity index is 493. The van der Waals surface area contributed by atoms with E-state index in [0.29, 0.717) is 4.88 Å². The maximum Gasteiger partial charge on any atom is 0.268 e. The van der Waals surface area contributed by atoms with Gasteiger partial charge < -0.3 is 4.90 Å². The Labute approximate surface area is 104 Å². The van der Waals surface area contributed by atoms with Gasteiger partial charge in [-0.05, 0) is 18.2 Å². The molecule has 0 saturated carbocycles. The molecular formula is C12H11NOS2. The van der Waals surface area contributed by atoms with E-state index in [2.05, 4.69) is 12.6 Å². The van der Waals surface area contributed by atoms with Crippen molar-refractivity contribution in [2.24, 2.45) is 0 Å². The number of thiophene rings is 1. The van der Waals surface area contributed by atoms with E-state index < -0.39 is 0 Å². The molecule has 1 aromatic heterocycles. The van der Waals surface area contributed by atoms with Crippen LogP contribution in [0.25, 0.3) is 0 Å². The molecule has 0 aliphatic rings. The quantitative estimate of drug-likeness (QED) is 0.810. The zero-order valence-corrected chi connectivity index (χ0v) is 10.5. The predicted octanol–water partition coefficient (Wildman–Crippen LogP) is 3.31. The lowest BCUT2D eigenvalue weighted by Gasteiger charge is -2.15. The molecule has 0 aliphatic heterocycles. The smallest absolute Gasteiger partial charge is 0.268 e. The van der Waals surface area contributed by atoms with Crippen molar-refractivity contribution < 1.29 is 4.79 Å². The summed E-state index contributed by atoms with van der Waals surface area (Å²) < 4.78 is 0. The van der Waals surface area contributed by atoms with Gasteiger partial charge in [-0.2, -0.15) is 0 Å². The molecule has 2 rings (SSSR count). The number of hydrogen-bond donors (Lipinski definition) is 1. The summed E-state index contributed by atoms with van der Waals surface area (Å²) in [6.07, 6.45) is 0. The van der Waals surface area contributed by atoms with Gasteiger partial charge in [0, 0.05) is 23.0 Å². The Kier molecular flexibility index (Phi) is 3.31. The number of hydrogen-bond acceptors (Lipinski definition) is 3. The normalized spacial score (nSPS) is 10.1. The van der Waals surface area contributed by atoms with Crippen LogP contribution in [0, 0.1) is 0 Å². The van der Waals surface area contributed by atoms with Crippen molar-refractivity contribution in [1.82, 2.24) is 0 Å². The Morgan fingerprint density at radius 3 is 2.56 bits per heavy atom. The van der Waals surface area contributed by atoms with Gasteiger partial charge in [0.1, 0.15) is 0 Å². The summed E-state index contributed by atoms with van der Waals surface area (Å²) in [4.78, 5) is 15.2. The average Bonchev–Trinajstić information content (AvgIpc) is 2.75. The highest BCUT2D eigenvalue weighted by molar-refractivity contribution is 7.80. The van der Waals surface area contributed by atoms with Crippen LogP contribution in [0.3, 0.4) is 0 Å². The molecule has 0 N–H and O–H groups in total. The molecule has 0 bridgehead atoms. The summed E-state index contributed by atoms with van der Waals surface area (Å²) in [5.41, 5.74) is 0.890. The topological polar surface area (TPSA) is 20.3 Å². The fourth-order valence-electron chi connectivity index (χ4n) is 1.37. The summed E-state index contributed by atoms with van der Waals surface area (Å²) in [7, 11) is 1.77. The first-order chi connectivity index (χ1) is 7.68. The van der Waals surface area contributed by atoms with Gasteiger partial charge in [0.2, 0.25) is 0 Å². The zero-order chi connectivity index (χ0) is 11.5. The van der Waals surface area contributed by atoms with Crippen LogP contribution in [0.5, 0.6) is 0 Å². The van der Waals surface area contributed by atoms with Crippen molar-refractivity contribution in [3.05, 3.63) is 46.7 Å². The van der Waals surface area contributed by atoms with E-state index >= 15 is 0 Å².